The minimum Gasteiger partial charge on any atom is -0.394 e. The first kappa shape index (κ1) is 8.23. The van der Waals surface area contributed by atoms with Crippen molar-refractivity contribution in [3.05, 3.63) is 18.5 Å². The Labute approximate surface area is 65.1 Å². The predicted octanol–water partition coefficient (Wildman–Crippen LogP) is -0.374. The van der Waals surface area contributed by atoms with Crippen LogP contribution < -0.4 is 0 Å². The lowest BCUT2D eigenvalue weighted by atomic mass is 10.3. The van der Waals surface area contributed by atoms with Crippen LogP contribution in [0, 0.1) is 0 Å². The highest BCUT2D eigenvalue weighted by Gasteiger charge is 2.00. The van der Waals surface area contributed by atoms with E-state index < -0.39 is 6.10 Å². The van der Waals surface area contributed by atoms with Crippen molar-refractivity contribution >= 4 is 0 Å². The van der Waals surface area contributed by atoms with Crippen LogP contribution in [0.1, 0.15) is 6.42 Å². The number of rotatable bonds is 4. The Hall–Kier alpha value is -0.870. The third-order valence-corrected chi connectivity index (χ3v) is 1.46. The van der Waals surface area contributed by atoms with E-state index in [0.29, 0.717) is 13.0 Å². The van der Waals surface area contributed by atoms with Crippen molar-refractivity contribution in [3.63, 3.8) is 0 Å². The molecule has 0 radical (unpaired) electrons. The Balaban J connectivity index is 2.23. The quantitative estimate of drug-likeness (QED) is 0.625. The molecule has 1 unspecified atom stereocenters. The van der Waals surface area contributed by atoms with Gasteiger partial charge in [0, 0.05) is 18.9 Å². The molecule has 1 atom stereocenters. The number of aryl methyl sites for hydroxylation is 1. The summed E-state index contributed by atoms with van der Waals surface area (Å²) in [6.07, 6.45) is 3.42. The molecule has 0 bridgehead atoms. The summed E-state index contributed by atoms with van der Waals surface area (Å²) in [7, 11) is 0. The first-order valence-electron chi connectivity index (χ1n) is 3.59. The van der Waals surface area contributed by atoms with Gasteiger partial charge >= 0.3 is 0 Å². The highest BCUT2D eigenvalue weighted by Crippen LogP contribution is 1.94. The molecule has 0 aliphatic heterocycles. The maximum atomic E-state index is 8.97. The van der Waals surface area contributed by atoms with Gasteiger partial charge in [-0.05, 0) is 12.5 Å². The van der Waals surface area contributed by atoms with Gasteiger partial charge in [-0.1, -0.05) is 0 Å². The topological polar surface area (TPSA) is 58.3 Å². The van der Waals surface area contributed by atoms with E-state index in [1.807, 2.05) is 12.3 Å². The summed E-state index contributed by atoms with van der Waals surface area (Å²) < 4.78 is 1.72. The molecular weight excluding hydrogens is 144 g/mol. The van der Waals surface area contributed by atoms with E-state index in [1.165, 1.54) is 0 Å². The average molecular weight is 156 g/mol. The number of hydrogen-bond donors (Lipinski definition) is 2. The van der Waals surface area contributed by atoms with E-state index in [0.717, 1.165) is 0 Å². The molecule has 1 aromatic heterocycles. The molecule has 62 valence electrons. The maximum Gasteiger partial charge on any atom is 0.0788 e. The molecule has 0 aliphatic carbocycles. The molecule has 0 saturated heterocycles. The van der Waals surface area contributed by atoms with Crippen molar-refractivity contribution in [1.29, 1.82) is 0 Å². The van der Waals surface area contributed by atoms with Crippen LogP contribution in [0.3, 0.4) is 0 Å². The zero-order valence-corrected chi connectivity index (χ0v) is 6.22. The fourth-order valence-corrected chi connectivity index (χ4v) is 0.805. The Bertz CT molecular complexity index is 186. The van der Waals surface area contributed by atoms with Crippen LogP contribution >= 0.6 is 0 Å². The molecule has 1 rings (SSSR count). The van der Waals surface area contributed by atoms with Crippen molar-refractivity contribution in [1.82, 2.24) is 9.78 Å². The van der Waals surface area contributed by atoms with Crippen molar-refractivity contribution < 1.29 is 10.2 Å². The number of aromatic nitrogens is 2. The summed E-state index contributed by atoms with van der Waals surface area (Å²) >= 11 is 0. The number of aliphatic hydroxyl groups excluding tert-OH is 2. The molecular formula is C7H12N2O2. The lowest BCUT2D eigenvalue weighted by Gasteiger charge is -2.05. The van der Waals surface area contributed by atoms with Gasteiger partial charge in [0.2, 0.25) is 0 Å². The van der Waals surface area contributed by atoms with Gasteiger partial charge in [0.15, 0.2) is 0 Å². The average Bonchev–Trinajstić information content (AvgIpc) is 2.52. The van der Waals surface area contributed by atoms with Crippen LogP contribution in [-0.2, 0) is 6.54 Å². The van der Waals surface area contributed by atoms with Gasteiger partial charge in [-0.15, -0.1) is 0 Å². The van der Waals surface area contributed by atoms with E-state index >= 15 is 0 Å². The molecule has 1 heterocycles. The van der Waals surface area contributed by atoms with Crippen LogP contribution in [0.25, 0.3) is 0 Å². The number of aliphatic hydroxyl groups is 2. The highest BCUT2D eigenvalue weighted by molar-refractivity contribution is 4.77. The second kappa shape index (κ2) is 4.10. The number of nitrogens with zero attached hydrogens (tertiary/aromatic N) is 2. The Morgan fingerprint density at radius 2 is 2.36 bits per heavy atom. The molecule has 0 fully saturated rings. The monoisotopic (exact) mass is 156 g/mol. The van der Waals surface area contributed by atoms with Gasteiger partial charge in [0.1, 0.15) is 0 Å². The lowest BCUT2D eigenvalue weighted by molar-refractivity contribution is 0.0838. The summed E-state index contributed by atoms with van der Waals surface area (Å²) in [5, 5.41) is 21.4. The second-order valence-corrected chi connectivity index (χ2v) is 2.39. The molecule has 4 heteroatoms. The minimum atomic E-state index is -0.626. The van der Waals surface area contributed by atoms with Gasteiger partial charge in [-0.25, -0.2) is 0 Å². The predicted molar refractivity (Wildman–Crippen MR) is 39.9 cm³/mol. The fourth-order valence-electron chi connectivity index (χ4n) is 0.805. The van der Waals surface area contributed by atoms with E-state index in [1.54, 1.807) is 10.9 Å². The normalized spacial score (nSPS) is 13.3. The summed E-state index contributed by atoms with van der Waals surface area (Å²) in [4.78, 5) is 0. The molecule has 0 aliphatic rings. The van der Waals surface area contributed by atoms with E-state index in [2.05, 4.69) is 5.10 Å². The largest absolute Gasteiger partial charge is 0.394 e. The molecule has 0 spiro atoms. The zero-order valence-electron chi connectivity index (χ0n) is 6.22. The summed E-state index contributed by atoms with van der Waals surface area (Å²) in [5.41, 5.74) is 0. The molecule has 11 heavy (non-hydrogen) atoms. The van der Waals surface area contributed by atoms with E-state index in [9.17, 15) is 0 Å². The molecule has 0 saturated carbocycles. The van der Waals surface area contributed by atoms with Crippen molar-refractivity contribution in [2.75, 3.05) is 6.61 Å². The smallest absolute Gasteiger partial charge is 0.0788 e. The second-order valence-electron chi connectivity index (χ2n) is 2.39. The molecule has 2 N–H and O–H groups in total. The van der Waals surface area contributed by atoms with Crippen LogP contribution in [-0.4, -0.2) is 32.7 Å². The Kier molecular flexibility index (Phi) is 3.07. The Morgan fingerprint density at radius 1 is 1.55 bits per heavy atom. The lowest BCUT2D eigenvalue weighted by Crippen LogP contribution is -2.15. The van der Waals surface area contributed by atoms with Crippen molar-refractivity contribution in [2.24, 2.45) is 0 Å². The first-order valence-corrected chi connectivity index (χ1v) is 3.59. The van der Waals surface area contributed by atoms with Crippen molar-refractivity contribution in [2.45, 2.75) is 19.1 Å². The van der Waals surface area contributed by atoms with Crippen LogP contribution in [0.15, 0.2) is 18.5 Å². The van der Waals surface area contributed by atoms with Crippen LogP contribution in [0.4, 0.5) is 0 Å². The van der Waals surface area contributed by atoms with Gasteiger partial charge in [-0.2, -0.15) is 5.10 Å². The molecule has 0 aromatic carbocycles. The van der Waals surface area contributed by atoms with Gasteiger partial charge in [0.05, 0.1) is 12.7 Å². The Morgan fingerprint density at radius 3 is 2.91 bits per heavy atom. The fraction of sp³-hybridized carbons (Fsp3) is 0.571. The molecule has 0 amide bonds. The summed E-state index contributed by atoms with van der Waals surface area (Å²) in [5.74, 6) is 0. The first-order chi connectivity index (χ1) is 5.33. The summed E-state index contributed by atoms with van der Waals surface area (Å²) in [6, 6.07) is 1.82. The van der Waals surface area contributed by atoms with E-state index in [-0.39, 0.29) is 6.61 Å². The van der Waals surface area contributed by atoms with Gasteiger partial charge in [-0.3, -0.25) is 4.68 Å². The standard InChI is InChI=1S/C7H12N2O2/c10-6-7(11)2-5-9-4-1-3-8-9/h1,3-4,7,10-11H,2,5-6H2. The highest BCUT2D eigenvalue weighted by atomic mass is 16.3. The molecule has 1 aromatic rings. The summed E-state index contributed by atoms with van der Waals surface area (Å²) in [6.45, 7) is 0.468. The third-order valence-electron chi connectivity index (χ3n) is 1.46. The van der Waals surface area contributed by atoms with Crippen LogP contribution in [0.5, 0.6) is 0 Å². The SMILES string of the molecule is OCC(O)CCn1cccn1. The number of hydrogen-bond acceptors (Lipinski definition) is 3. The zero-order chi connectivity index (χ0) is 8.10. The van der Waals surface area contributed by atoms with Crippen LogP contribution in [0.2, 0.25) is 0 Å². The minimum absolute atomic E-state index is 0.179. The van der Waals surface area contributed by atoms with E-state index in [4.69, 9.17) is 10.2 Å². The van der Waals surface area contributed by atoms with Crippen molar-refractivity contribution in [3.8, 4) is 0 Å². The maximum absolute atomic E-state index is 8.97. The molecule has 4 nitrogen and oxygen atoms in total. The van der Waals surface area contributed by atoms with Gasteiger partial charge in [0.25, 0.3) is 0 Å². The third kappa shape index (κ3) is 2.69. The van der Waals surface area contributed by atoms with Gasteiger partial charge < -0.3 is 10.2 Å².